The van der Waals surface area contributed by atoms with Crippen molar-refractivity contribution >= 4 is 11.6 Å². The summed E-state index contributed by atoms with van der Waals surface area (Å²) in [6.45, 7) is 4.89. The van der Waals surface area contributed by atoms with E-state index in [4.69, 9.17) is 4.74 Å². The Labute approximate surface area is 131 Å². The molecule has 0 saturated carbocycles. The van der Waals surface area contributed by atoms with Crippen molar-refractivity contribution in [2.24, 2.45) is 0 Å². The molecule has 1 N–H and O–H groups in total. The molecule has 0 spiro atoms. The zero-order valence-electron chi connectivity index (χ0n) is 12.2. The molecule has 0 unspecified atom stereocenters. The molecule has 1 aromatic heterocycles. The number of aryl methyl sites for hydroxylation is 1. The first-order valence-corrected chi connectivity index (χ1v) is 6.66. The van der Waals surface area contributed by atoms with Crippen molar-refractivity contribution in [1.82, 2.24) is 0 Å². The van der Waals surface area contributed by atoms with Crippen LogP contribution in [0.4, 0.5) is 5.69 Å². The molecule has 0 fully saturated rings. The summed E-state index contributed by atoms with van der Waals surface area (Å²) in [4.78, 5) is 11.9. The maximum Gasteiger partial charge on any atom is 0.290 e. The molecule has 0 radical (unpaired) electrons. The lowest BCUT2D eigenvalue weighted by atomic mass is 10.3. The molecular formula is C16H19ClN2O2. The van der Waals surface area contributed by atoms with E-state index >= 15 is 0 Å². The lowest BCUT2D eigenvalue weighted by molar-refractivity contribution is -0.684. The van der Waals surface area contributed by atoms with Crippen LogP contribution < -0.4 is 27.0 Å². The van der Waals surface area contributed by atoms with Crippen LogP contribution in [0, 0.1) is 6.92 Å². The zero-order chi connectivity index (χ0) is 14.4. The van der Waals surface area contributed by atoms with Crippen molar-refractivity contribution in [1.29, 1.82) is 0 Å². The van der Waals surface area contributed by atoms with Crippen molar-refractivity contribution < 1.29 is 26.5 Å². The highest BCUT2D eigenvalue weighted by Gasteiger charge is 2.09. The Kier molecular flexibility index (Phi) is 6.69. The molecule has 0 aliphatic heterocycles. The SMILES string of the molecule is CCOc1ccc(NC(=O)C[n+]2ccc(C)cc2)cc1.[Cl-]. The van der Waals surface area contributed by atoms with Gasteiger partial charge in [0.05, 0.1) is 6.61 Å². The summed E-state index contributed by atoms with van der Waals surface area (Å²) >= 11 is 0. The van der Waals surface area contributed by atoms with Gasteiger partial charge in [-0.25, -0.2) is 0 Å². The molecule has 4 nitrogen and oxygen atoms in total. The number of amides is 1. The van der Waals surface area contributed by atoms with E-state index < -0.39 is 0 Å². The van der Waals surface area contributed by atoms with E-state index in [0.717, 1.165) is 11.4 Å². The quantitative estimate of drug-likeness (QED) is 0.744. The normalized spacial score (nSPS) is 9.62. The maximum absolute atomic E-state index is 11.9. The average Bonchev–Trinajstić information content (AvgIpc) is 2.44. The fraction of sp³-hybridized carbons (Fsp3) is 0.250. The van der Waals surface area contributed by atoms with Crippen LogP contribution in [0.5, 0.6) is 5.75 Å². The number of anilines is 1. The predicted octanol–water partition coefficient (Wildman–Crippen LogP) is -0.676. The van der Waals surface area contributed by atoms with Gasteiger partial charge in [0, 0.05) is 17.8 Å². The molecule has 21 heavy (non-hydrogen) atoms. The Balaban J connectivity index is 0.00000220. The summed E-state index contributed by atoms with van der Waals surface area (Å²) in [5.41, 5.74) is 1.94. The van der Waals surface area contributed by atoms with Gasteiger partial charge in [-0.2, -0.15) is 4.57 Å². The van der Waals surface area contributed by atoms with Crippen LogP contribution >= 0.6 is 0 Å². The van der Waals surface area contributed by atoms with Crippen molar-refractivity contribution in [3.63, 3.8) is 0 Å². The van der Waals surface area contributed by atoms with E-state index in [0.29, 0.717) is 13.2 Å². The Bertz CT molecular complexity index is 568. The van der Waals surface area contributed by atoms with Crippen molar-refractivity contribution in [2.45, 2.75) is 20.4 Å². The van der Waals surface area contributed by atoms with Gasteiger partial charge in [0.2, 0.25) is 6.54 Å². The number of benzene rings is 1. The first-order chi connectivity index (χ1) is 9.67. The second-order valence-electron chi connectivity index (χ2n) is 4.55. The van der Waals surface area contributed by atoms with Crippen molar-refractivity contribution in [2.75, 3.05) is 11.9 Å². The Morgan fingerprint density at radius 1 is 1.14 bits per heavy atom. The molecule has 0 aliphatic carbocycles. The van der Waals surface area contributed by atoms with Gasteiger partial charge in [-0.15, -0.1) is 0 Å². The Hall–Kier alpha value is -2.07. The van der Waals surface area contributed by atoms with Crippen LogP contribution in [0.15, 0.2) is 48.8 Å². The summed E-state index contributed by atoms with van der Waals surface area (Å²) in [6, 6.07) is 11.3. The number of carbonyl (C=O) groups excluding carboxylic acids is 1. The number of halogens is 1. The molecule has 5 heteroatoms. The lowest BCUT2D eigenvalue weighted by Gasteiger charge is -2.05. The number of pyridine rings is 1. The highest BCUT2D eigenvalue weighted by molar-refractivity contribution is 5.89. The summed E-state index contributed by atoms with van der Waals surface area (Å²) in [7, 11) is 0. The fourth-order valence-electron chi connectivity index (χ4n) is 1.80. The number of hydrogen-bond acceptors (Lipinski definition) is 2. The van der Waals surface area contributed by atoms with Gasteiger partial charge in [0.25, 0.3) is 5.91 Å². The highest BCUT2D eigenvalue weighted by Crippen LogP contribution is 2.15. The molecule has 0 atom stereocenters. The third-order valence-electron chi connectivity index (χ3n) is 2.83. The molecule has 2 aromatic rings. The second kappa shape index (κ2) is 8.27. The van der Waals surface area contributed by atoms with Crippen LogP contribution in [0.1, 0.15) is 12.5 Å². The molecule has 112 valence electrons. The third kappa shape index (κ3) is 5.44. The number of carbonyl (C=O) groups is 1. The van der Waals surface area contributed by atoms with Gasteiger partial charge >= 0.3 is 0 Å². The average molecular weight is 307 g/mol. The molecule has 1 aromatic carbocycles. The zero-order valence-corrected chi connectivity index (χ0v) is 12.9. The van der Waals surface area contributed by atoms with Crippen LogP contribution in [-0.2, 0) is 11.3 Å². The number of hydrogen-bond donors (Lipinski definition) is 1. The number of nitrogens with one attached hydrogen (secondary N) is 1. The van der Waals surface area contributed by atoms with Gasteiger partial charge in [-0.05, 0) is 43.7 Å². The van der Waals surface area contributed by atoms with Gasteiger partial charge in [0.1, 0.15) is 5.75 Å². The molecule has 1 heterocycles. The minimum Gasteiger partial charge on any atom is -1.00 e. The smallest absolute Gasteiger partial charge is 0.290 e. The number of aromatic nitrogens is 1. The van der Waals surface area contributed by atoms with Gasteiger partial charge < -0.3 is 22.5 Å². The van der Waals surface area contributed by atoms with Crippen LogP contribution in [0.25, 0.3) is 0 Å². The number of ether oxygens (including phenoxy) is 1. The predicted molar refractivity (Wildman–Crippen MR) is 77.6 cm³/mol. The fourth-order valence-corrected chi connectivity index (χ4v) is 1.80. The molecular weight excluding hydrogens is 288 g/mol. The minimum absolute atomic E-state index is 0. The third-order valence-corrected chi connectivity index (χ3v) is 2.83. The van der Waals surface area contributed by atoms with Gasteiger partial charge in [-0.1, -0.05) is 0 Å². The highest BCUT2D eigenvalue weighted by atomic mass is 35.5. The summed E-state index contributed by atoms with van der Waals surface area (Å²) in [5, 5.41) is 2.86. The van der Waals surface area contributed by atoms with Gasteiger partial charge in [-0.3, -0.25) is 4.79 Å². The Morgan fingerprint density at radius 2 is 1.76 bits per heavy atom. The molecule has 0 bridgehead atoms. The molecule has 2 rings (SSSR count). The van der Waals surface area contributed by atoms with E-state index in [2.05, 4.69) is 5.32 Å². The first-order valence-electron chi connectivity index (χ1n) is 6.66. The monoisotopic (exact) mass is 306 g/mol. The van der Waals surface area contributed by atoms with E-state index in [9.17, 15) is 4.79 Å². The van der Waals surface area contributed by atoms with E-state index in [1.807, 2.05) is 67.2 Å². The van der Waals surface area contributed by atoms with E-state index in [1.54, 1.807) is 0 Å². The molecule has 0 saturated heterocycles. The number of nitrogens with zero attached hydrogens (tertiary/aromatic N) is 1. The van der Waals surface area contributed by atoms with Crippen molar-refractivity contribution in [3.05, 3.63) is 54.4 Å². The van der Waals surface area contributed by atoms with Crippen LogP contribution in [-0.4, -0.2) is 12.5 Å². The van der Waals surface area contributed by atoms with Crippen molar-refractivity contribution in [3.8, 4) is 5.75 Å². The molecule has 0 aliphatic rings. The van der Waals surface area contributed by atoms with Crippen LogP contribution in [0.3, 0.4) is 0 Å². The lowest BCUT2D eigenvalue weighted by Crippen LogP contribution is -3.00. The standard InChI is InChI=1S/C16H18N2O2.ClH/c1-3-20-15-6-4-14(5-7-15)17-16(19)12-18-10-8-13(2)9-11-18;/h4-11H,3,12H2,1-2H3;1H. The van der Waals surface area contributed by atoms with E-state index in [1.165, 1.54) is 5.56 Å². The minimum atomic E-state index is -0.0528. The van der Waals surface area contributed by atoms with Gasteiger partial charge in [0.15, 0.2) is 12.4 Å². The summed E-state index contributed by atoms with van der Waals surface area (Å²) in [6.07, 6.45) is 3.79. The topological polar surface area (TPSA) is 42.2 Å². The first kappa shape index (κ1) is 17.0. The second-order valence-corrected chi connectivity index (χ2v) is 4.55. The number of rotatable bonds is 5. The Morgan fingerprint density at radius 3 is 2.33 bits per heavy atom. The maximum atomic E-state index is 11.9. The summed E-state index contributed by atoms with van der Waals surface area (Å²) < 4.78 is 7.20. The largest absolute Gasteiger partial charge is 1.00 e. The summed E-state index contributed by atoms with van der Waals surface area (Å²) in [5.74, 6) is 0.751. The molecule has 1 amide bonds. The van der Waals surface area contributed by atoms with E-state index in [-0.39, 0.29) is 18.3 Å². The van der Waals surface area contributed by atoms with Crippen LogP contribution in [0.2, 0.25) is 0 Å².